The summed E-state index contributed by atoms with van der Waals surface area (Å²) in [6, 6.07) is 10.5. The Hall–Kier alpha value is -1.80. The largest absolute Gasteiger partial charge is 0.497 e. The lowest BCUT2D eigenvalue weighted by Crippen LogP contribution is -2.02. The van der Waals surface area contributed by atoms with Crippen molar-refractivity contribution in [2.45, 2.75) is 19.3 Å². The molecule has 0 saturated heterocycles. The molecule has 20 heavy (non-hydrogen) atoms. The molecule has 2 nitrogen and oxygen atoms in total. The van der Waals surface area contributed by atoms with Gasteiger partial charge in [-0.3, -0.25) is 4.98 Å². The molecule has 1 aromatic carbocycles. The van der Waals surface area contributed by atoms with Crippen LogP contribution in [0.3, 0.4) is 0 Å². The summed E-state index contributed by atoms with van der Waals surface area (Å²) >= 11 is 0. The first-order valence-corrected chi connectivity index (χ1v) is 6.65. The molecule has 1 aromatic heterocycles. The van der Waals surface area contributed by atoms with Crippen LogP contribution in [0, 0.1) is 0 Å². The number of nitrogens with zero attached hydrogens (tertiary/aromatic N) is 1. The van der Waals surface area contributed by atoms with Crippen molar-refractivity contribution in [3.63, 3.8) is 0 Å². The average molecular weight is 288 g/mol. The molecule has 1 aliphatic rings. The van der Waals surface area contributed by atoms with Crippen LogP contribution in [0.2, 0.25) is 0 Å². The zero-order valence-electron chi connectivity index (χ0n) is 11.5. The van der Waals surface area contributed by atoms with E-state index in [2.05, 4.69) is 23.2 Å². The maximum absolute atomic E-state index is 5.31. The first-order chi connectivity index (χ1) is 9.36. The van der Waals surface area contributed by atoms with Crippen molar-refractivity contribution in [2.24, 2.45) is 0 Å². The molecule has 0 saturated carbocycles. The number of methoxy groups -OCH3 is 1. The van der Waals surface area contributed by atoms with Gasteiger partial charge in [0.05, 0.1) is 7.11 Å². The standard InChI is InChI=1S/C17H17NO.ClH/c1-19-16-5-6-17-14(3-2-4-15(17)12-16)11-13-7-9-18-10-8-13;/h5-12H,2-4H2,1H3;1H/b14-11+;. The number of hydrogen-bond acceptors (Lipinski definition) is 2. The molecule has 0 amide bonds. The summed E-state index contributed by atoms with van der Waals surface area (Å²) in [6.45, 7) is 0. The smallest absolute Gasteiger partial charge is 0.119 e. The van der Waals surface area contributed by atoms with Crippen molar-refractivity contribution >= 4 is 24.1 Å². The van der Waals surface area contributed by atoms with Crippen molar-refractivity contribution in [3.8, 4) is 5.75 Å². The maximum atomic E-state index is 5.31. The highest BCUT2D eigenvalue weighted by molar-refractivity contribution is 5.85. The van der Waals surface area contributed by atoms with Gasteiger partial charge in [0, 0.05) is 12.4 Å². The predicted octanol–water partition coefficient (Wildman–Crippen LogP) is 4.39. The van der Waals surface area contributed by atoms with Gasteiger partial charge in [-0.05, 0) is 65.8 Å². The Bertz CT molecular complexity index is 608. The Morgan fingerprint density at radius 3 is 2.65 bits per heavy atom. The van der Waals surface area contributed by atoms with Gasteiger partial charge in [-0.25, -0.2) is 0 Å². The molecule has 104 valence electrons. The lowest BCUT2D eigenvalue weighted by Gasteiger charge is -2.20. The van der Waals surface area contributed by atoms with E-state index in [-0.39, 0.29) is 12.4 Å². The number of rotatable bonds is 2. The minimum atomic E-state index is 0. The summed E-state index contributed by atoms with van der Waals surface area (Å²) in [5, 5.41) is 0. The number of hydrogen-bond donors (Lipinski definition) is 0. The molecule has 1 heterocycles. The van der Waals surface area contributed by atoms with Gasteiger partial charge >= 0.3 is 0 Å². The number of aromatic nitrogens is 1. The van der Waals surface area contributed by atoms with Gasteiger partial charge in [0.2, 0.25) is 0 Å². The average Bonchev–Trinajstić information content (AvgIpc) is 2.48. The van der Waals surface area contributed by atoms with Crippen LogP contribution in [-0.4, -0.2) is 12.1 Å². The normalized spacial score (nSPS) is 15.3. The highest BCUT2D eigenvalue weighted by atomic mass is 35.5. The monoisotopic (exact) mass is 287 g/mol. The summed E-state index contributed by atoms with van der Waals surface area (Å²) in [5.74, 6) is 0.948. The highest BCUT2D eigenvalue weighted by Crippen LogP contribution is 2.34. The minimum Gasteiger partial charge on any atom is -0.497 e. The number of benzene rings is 1. The van der Waals surface area contributed by atoms with Gasteiger partial charge in [0.1, 0.15) is 5.75 Å². The molecule has 1 aliphatic carbocycles. The third kappa shape index (κ3) is 3.02. The molecule has 0 radical (unpaired) electrons. The zero-order valence-corrected chi connectivity index (χ0v) is 12.3. The summed E-state index contributed by atoms with van der Waals surface area (Å²) in [4.78, 5) is 4.06. The quantitative estimate of drug-likeness (QED) is 0.817. The van der Waals surface area contributed by atoms with Crippen LogP contribution in [0.1, 0.15) is 29.5 Å². The van der Waals surface area contributed by atoms with E-state index in [9.17, 15) is 0 Å². The van der Waals surface area contributed by atoms with Gasteiger partial charge in [-0.2, -0.15) is 0 Å². The van der Waals surface area contributed by atoms with E-state index in [0.717, 1.165) is 18.6 Å². The molecule has 3 heteroatoms. The Morgan fingerprint density at radius 1 is 1.10 bits per heavy atom. The molecule has 3 rings (SSSR count). The number of fused-ring (bicyclic) bond motifs is 1. The molecule has 0 aliphatic heterocycles. The number of pyridine rings is 1. The lowest BCUT2D eigenvalue weighted by atomic mass is 9.86. The van der Waals surface area contributed by atoms with Crippen LogP contribution in [0.15, 0.2) is 42.7 Å². The second kappa shape index (κ2) is 6.58. The van der Waals surface area contributed by atoms with E-state index >= 15 is 0 Å². The molecular weight excluding hydrogens is 270 g/mol. The molecule has 0 unspecified atom stereocenters. The Labute approximate surface area is 125 Å². The van der Waals surface area contributed by atoms with Crippen molar-refractivity contribution in [1.29, 1.82) is 0 Å². The van der Waals surface area contributed by atoms with E-state index in [1.54, 1.807) is 7.11 Å². The first-order valence-electron chi connectivity index (χ1n) is 6.65. The number of aryl methyl sites for hydroxylation is 1. The van der Waals surface area contributed by atoms with Crippen molar-refractivity contribution in [1.82, 2.24) is 4.98 Å². The molecule has 0 spiro atoms. The van der Waals surface area contributed by atoms with Crippen LogP contribution >= 0.6 is 12.4 Å². The Morgan fingerprint density at radius 2 is 1.90 bits per heavy atom. The van der Waals surface area contributed by atoms with E-state index in [0.29, 0.717) is 0 Å². The third-order valence-electron chi connectivity index (χ3n) is 3.60. The van der Waals surface area contributed by atoms with E-state index in [4.69, 9.17) is 4.74 Å². The maximum Gasteiger partial charge on any atom is 0.119 e. The van der Waals surface area contributed by atoms with Gasteiger partial charge < -0.3 is 4.74 Å². The van der Waals surface area contributed by atoms with Crippen molar-refractivity contribution < 1.29 is 4.74 Å². The van der Waals surface area contributed by atoms with E-state index in [1.165, 1.54) is 28.7 Å². The molecule has 2 aromatic rings. The third-order valence-corrected chi connectivity index (χ3v) is 3.60. The molecular formula is C17H18ClNO. The van der Waals surface area contributed by atoms with Crippen LogP contribution in [-0.2, 0) is 6.42 Å². The SMILES string of the molecule is COc1ccc2c(c1)CCC/C2=C\c1ccncc1.Cl. The molecule has 0 N–H and O–H groups in total. The molecule has 0 atom stereocenters. The summed E-state index contributed by atoms with van der Waals surface area (Å²) in [6.07, 6.45) is 9.43. The lowest BCUT2D eigenvalue weighted by molar-refractivity contribution is 0.414. The van der Waals surface area contributed by atoms with Crippen LogP contribution in [0.4, 0.5) is 0 Å². The topological polar surface area (TPSA) is 22.1 Å². The van der Waals surface area contributed by atoms with Crippen molar-refractivity contribution in [2.75, 3.05) is 7.11 Å². The highest BCUT2D eigenvalue weighted by Gasteiger charge is 2.14. The van der Waals surface area contributed by atoms with Gasteiger partial charge in [-0.15, -0.1) is 12.4 Å². The Balaban J connectivity index is 0.00000147. The number of ether oxygens (including phenoxy) is 1. The number of allylic oxidation sites excluding steroid dienone is 1. The Kier molecular flexibility index (Phi) is 4.80. The fraction of sp³-hybridized carbons (Fsp3) is 0.235. The van der Waals surface area contributed by atoms with E-state index < -0.39 is 0 Å². The van der Waals surface area contributed by atoms with Crippen LogP contribution in [0.25, 0.3) is 11.6 Å². The van der Waals surface area contributed by atoms with Gasteiger partial charge in [0.25, 0.3) is 0 Å². The fourth-order valence-corrected chi connectivity index (χ4v) is 2.63. The fourth-order valence-electron chi connectivity index (χ4n) is 2.63. The van der Waals surface area contributed by atoms with Gasteiger partial charge in [0.15, 0.2) is 0 Å². The summed E-state index contributed by atoms with van der Waals surface area (Å²) in [5.41, 5.74) is 5.39. The second-order valence-corrected chi connectivity index (χ2v) is 4.83. The molecule has 0 bridgehead atoms. The molecule has 0 fully saturated rings. The van der Waals surface area contributed by atoms with Crippen LogP contribution in [0.5, 0.6) is 5.75 Å². The number of halogens is 1. The van der Waals surface area contributed by atoms with Crippen LogP contribution < -0.4 is 4.74 Å². The first kappa shape index (κ1) is 14.6. The van der Waals surface area contributed by atoms with E-state index in [1.807, 2.05) is 30.6 Å². The summed E-state index contributed by atoms with van der Waals surface area (Å²) in [7, 11) is 1.72. The predicted molar refractivity (Wildman–Crippen MR) is 85.3 cm³/mol. The summed E-state index contributed by atoms with van der Waals surface area (Å²) < 4.78 is 5.31. The van der Waals surface area contributed by atoms with Gasteiger partial charge in [-0.1, -0.05) is 12.1 Å². The van der Waals surface area contributed by atoms with Crippen molar-refractivity contribution in [3.05, 3.63) is 59.4 Å². The second-order valence-electron chi connectivity index (χ2n) is 4.83. The zero-order chi connectivity index (χ0) is 13.1. The minimum absolute atomic E-state index is 0.